The first kappa shape index (κ1) is 13.9. The summed E-state index contributed by atoms with van der Waals surface area (Å²) >= 11 is 0. The number of aliphatic carboxylic acids is 1. The fraction of sp³-hybridized carbons (Fsp3) is 0.818. The molecule has 1 unspecified atom stereocenters. The number of rotatable bonds is 7. The first-order valence-electron chi connectivity index (χ1n) is 5.88. The van der Waals surface area contributed by atoms with Crippen molar-refractivity contribution < 1.29 is 24.2 Å². The minimum atomic E-state index is -1.50. The van der Waals surface area contributed by atoms with Gasteiger partial charge in [0.25, 0.3) is 6.10 Å². The Kier molecular flexibility index (Phi) is 5.93. The second-order valence-corrected chi connectivity index (χ2v) is 3.89. The number of carbonyl (C=O) groups excluding carboxylic acids is 1. The number of likely N-dealkylation sites (tertiary alicyclic amines) is 1. The Morgan fingerprint density at radius 3 is 2.53 bits per heavy atom. The topological polar surface area (TPSA) is 76.1 Å². The lowest BCUT2D eigenvalue weighted by Gasteiger charge is -2.16. The molecule has 0 bridgehead atoms. The lowest BCUT2D eigenvalue weighted by atomic mass is 10.3. The quantitative estimate of drug-likeness (QED) is 0.507. The van der Waals surface area contributed by atoms with Gasteiger partial charge in [0.2, 0.25) is 0 Å². The summed E-state index contributed by atoms with van der Waals surface area (Å²) in [6.07, 6.45) is 0.832. The zero-order valence-corrected chi connectivity index (χ0v) is 10.1. The van der Waals surface area contributed by atoms with Gasteiger partial charge in [0.15, 0.2) is 0 Å². The molecule has 1 N–H and O–H groups in total. The average molecular weight is 245 g/mol. The third kappa shape index (κ3) is 4.70. The fourth-order valence-corrected chi connectivity index (χ4v) is 1.76. The third-order valence-corrected chi connectivity index (χ3v) is 2.62. The number of hydrogen-bond donors (Lipinski definition) is 1. The van der Waals surface area contributed by atoms with Crippen molar-refractivity contribution in [2.45, 2.75) is 25.9 Å². The molecule has 1 rings (SSSR count). The van der Waals surface area contributed by atoms with Gasteiger partial charge in [0.1, 0.15) is 0 Å². The average Bonchev–Trinajstić information content (AvgIpc) is 2.76. The molecule has 6 nitrogen and oxygen atoms in total. The predicted octanol–water partition coefficient (Wildman–Crippen LogP) is 0.115. The molecule has 98 valence electrons. The monoisotopic (exact) mass is 245 g/mol. The molecule has 0 saturated carbocycles. The van der Waals surface area contributed by atoms with E-state index in [9.17, 15) is 9.59 Å². The minimum absolute atomic E-state index is 0.151. The summed E-state index contributed by atoms with van der Waals surface area (Å²) in [6.45, 7) is 4.69. The minimum Gasteiger partial charge on any atom is -0.479 e. The zero-order valence-electron chi connectivity index (χ0n) is 10.1. The molecule has 0 aromatic heterocycles. The molecule has 17 heavy (non-hydrogen) atoms. The van der Waals surface area contributed by atoms with E-state index < -0.39 is 18.0 Å². The molecule has 0 amide bonds. The lowest BCUT2D eigenvalue weighted by Crippen LogP contribution is -2.36. The molecular formula is C11H19NO5. The van der Waals surface area contributed by atoms with E-state index in [4.69, 9.17) is 9.84 Å². The second kappa shape index (κ2) is 7.24. The van der Waals surface area contributed by atoms with Gasteiger partial charge < -0.3 is 19.5 Å². The van der Waals surface area contributed by atoms with E-state index in [1.54, 1.807) is 6.92 Å². The predicted molar refractivity (Wildman–Crippen MR) is 59.7 cm³/mol. The molecule has 1 aliphatic heterocycles. The highest BCUT2D eigenvalue weighted by Gasteiger charge is 2.28. The Labute approximate surface area is 100 Å². The highest BCUT2D eigenvalue weighted by atomic mass is 16.6. The first-order chi connectivity index (χ1) is 8.15. The normalized spacial score (nSPS) is 17.9. The van der Waals surface area contributed by atoms with Gasteiger partial charge in [-0.2, -0.15) is 0 Å². The van der Waals surface area contributed by atoms with Crippen molar-refractivity contribution in [1.82, 2.24) is 4.90 Å². The van der Waals surface area contributed by atoms with Gasteiger partial charge in [-0.25, -0.2) is 9.59 Å². The van der Waals surface area contributed by atoms with Crippen LogP contribution in [0.1, 0.15) is 19.8 Å². The van der Waals surface area contributed by atoms with Gasteiger partial charge in [0, 0.05) is 6.54 Å². The van der Waals surface area contributed by atoms with Crippen LogP contribution in [0, 0.1) is 0 Å². The second-order valence-electron chi connectivity index (χ2n) is 3.89. The van der Waals surface area contributed by atoms with Crippen LogP contribution in [-0.4, -0.2) is 60.9 Å². The van der Waals surface area contributed by atoms with Gasteiger partial charge in [-0.3, -0.25) is 0 Å². The molecule has 1 heterocycles. The summed E-state index contributed by atoms with van der Waals surface area (Å²) in [4.78, 5) is 24.3. The summed E-state index contributed by atoms with van der Waals surface area (Å²) in [5.74, 6) is -2.13. The van der Waals surface area contributed by atoms with E-state index in [-0.39, 0.29) is 13.2 Å². The summed E-state index contributed by atoms with van der Waals surface area (Å²) < 4.78 is 9.69. The van der Waals surface area contributed by atoms with Gasteiger partial charge in [0.05, 0.1) is 13.2 Å². The fourth-order valence-electron chi connectivity index (χ4n) is 1.76. The van der Waals surface area contributed by atoms with Crippen LogP contribution in [0.2, 0.25) is 0 Å². The van der Waals surface area contributed by atoms with Gasteiger partial charge in [-0.05, 0) is 32.9 Å². The Bertz CT molecular complexity index is 263. The smallest absolute Gasteiger partial charge is 0.347 e. The summed E-state index contributed by atoms with van der Waals surface area (Å²) in [7, 11) is 0. The van der Waals surface area contributed by atoms with Gasteiger partial charge in [-0.1, -0.05) is 0 Å². The number of nitrogens with zero attached hydrogens (tertiary/aromatic N) is 1. The van der Waals surface area contributed by atoms with Gasteiger partial charge >= 0.3 is 11.9 Å². The maximum Gasteiger partial charge on any atom is 0.347 e. The largest absolute Gasteiger partial charge is 0.479 e. The van der Waals surface area contributed by atoms with E-state index in [1.807, 2.05) is 0 Å². The van der Waals surface area contributed by atoms with Crippen LogP contribution >= 0.6 is 0 Å². The maximum atomic E-state index is 11.3. The van der Waals surface area contributed by atoms with E-state index in [1.165, 1.54) is 12.8 Å². The van der Waals surface area contributed by atoms with Crippen molar-refractivity contribution in [3.05, 3.63) is 0 Å². The van der Waals surface area contributed by atoms with Crippen LogP contribution < -0.4 is 0 Å². The molecule has 1 aliphatic rings. The van der Waals surface area contributed by atoms with Crippen molar-refractivity contribution in [2.75, 3.05) is 32.8 Å². The molecule has 0 aromatic carbocycles. The molecule has 1 saturated heterocycles. The molecule has 0 spiro atoms. The molecule has 1 fully saturated rings. The number of ether oxygens (including phenoxy) is 2. The SMILES string of the molecule is CCOC(=O)C(OCCN1CCCC1)C(=O)O. The molecule has 0 radical (unpaired) electrons. The van der Waals surface area contributed by atoms with Crippen LogP contribution in [0.15, 0.2) is 0 Å². The van der Waals surface area contributed by atoms with E-state index in [0.29, 0.717) is 6.54 Å². The maximum absolute atomic E-state index is 11.3. The highest BCUT2D eigenvalue weighted by molar-refractivity contribution is 5.97. The highest BCUT2D eigenvalue weighted by Crippen LogP contribution is 2.06. The standard InChI is InChI=1S/C11H19NO5/c1-2-16-11(15)9(10(13)14)17-8-7-12-5-3-4-6-12/h9H,2-8H2,1H3,(H,13,14). The number of carbonyl (C=O) groups is 2. The summed E-state index contributed by atoms with van der Waals surface area (Å²) in [6, 6.07) is 0. The number of hydrogen-bond acceptors (Lipinski definition) is 5. The van der Waals surface area contributed by atoms with Crippen molar-refractivity contribution in [2.24, 2.45) is 0 Å². The van der Waals surface area contributed by atoms with Crippen LogP contribution in [-0.2, 0) is 19.1 Å². The third-order valence-electron chi connectivity index (χ3n) is 2.62. The van der Waals surface area contributed by atoms with E-state index >= 15 is 0 Å². The molecular weight excluding hydrogens is 226 g/mol. The summed E-state index contributed by atoms with van der Waals surface area (Å²) in [5.41, 5.74) is 0. The Morgan fingerprint density at radius 2 is 2.00 bits per heavy atom. The molecule has 6 heteroatoms. The van der Waals surface area contributed by atoms with Crippen LogP contribution in [0.25, 0.3) is 0 Å². The Balaban J connectivity index is 2.28. The van der Waals surface area contributed by atoms with Crippen molar-refractivity contribution >= 4 is 11.9 Å². The van der Waals surface area contributed by atoms with Crippen molar-refractivity contribution in [1.29, 1.82) is 0 Å². The van der Waals surface area contributed by atoms with E-state index in [0.717, 1.165) is 13.1 Å². The molecule has 1 atom stereocenters. The van der Waals surface area contributed by atoms with Crippen molar-refractivity contribution in [3.8, 4) is 0 Å². The van der Waals surface area contributed by atoms with Crippen LogP contribution in [0.4, 0.5) is 0 Å². The molecule has 0 aliphatic carbocycles. The molecule has 0 aromatic rings. The van der Waals surface area contributed by atoms with Crippen LogP contribution in [0.5, 0.6) is 0 Å². The number of carboxylic acid groups (broad SMARTS) is 1. The zero-order chi connectivity index (χ0) is 12.7. The Hall–Kier alpha value is -1.14. The van der Waals surface area contributed by atoms with Crippen molar-refractivity contribution in [3.63, 3.8) is 0 Å². The summed E-state index contributed by atoms with van der Waals surface area (Å²) in [5, 5.41) is 8.82. The number of esters is 1. The van der Waals surface area contributed by atoms with Gasteiger partial charge in [-0.15, -0.1) is 0 Å². The van der Waals surface area contributed by atoms with E-state index in [2.05, 4.69) is 9.64 Å². The first-order valence-corrected chi connectivity index (χ1v) is 5.88. The van der Waals surface area contributed by atoms with Crippen LogP contribution in [0.3, 0.4) is 0 Å². The lowest BCUT2D eigenvalue weighted by molar-refractivity contribution is -0.169. The number of carboxylic acids is 1. The Morgan fingerprint density at radius 1 is 1.35 bits per heavy atom.